The van der Waals surface area contributed by atoms with Crippen LogP contribution in [0.2, 0.25) is 0 Å². The van der Waals surface area contributed by atoms with Crippen LogP contribution in [0.5, 0.6) is 0 Å². The minimum Gasteiger partial charge on any atom is -0.393 e. The van der Waals surface area contributed by atoms with Gasteiger partial charge in [0, 0.05) is 12.7 Å². The summed E-state index contributed by atoms with van der Waals surface area (Å²) in [6.07, 6.45) is 3.30. The van der Waals surface area contributed by atoms with Gasteiger partial charge in [-0.05, 0) is 47.8 Å². The van der Waals surface area contributed by atoms with Crippen molar-refractivity contribution in [3.8, 4) is 0 Å². The number of hydrogen-bond acceptors (Lipinski definition) is 3. The third kappa shape index (κ3) is 4.07. The predicted octanol–water partition coefficient (Wildman–Crippen LogP) is 2.42. The quantitative estimate of drug-likeness (QED) is 0.798. The molecule has 0 aliphatic rings. The molecule has 1 rings (SSSR count). The van der Waals surface area contributed by atoms with Crippen molar-refractivity contribution in [2.45, 2.75) is 25.9 Å². The van der Waals surface area contributed by atoms with E-state index in [4.69, 9.17) is 5.11 Å². The Morgan fingerprint density at radius 1 is 1.64 bits per heavy atom. The fraction of sp³-hybridized carbons (Fsp3) is 0.500. The highest BCUT2D eigenvalue weighted by Gasteiger charge is 1.99. The smallest absolute Gasteiger partial charge is 0.140 e. The minimum absolute atomic E-state index is 0.219. The number of rotatable bonds is 5. The molecule has 1 aromatic rings. The average molecular weight is 259 g/mol. The summed E-state index contributed by atoms with van der Waals surface area (Å²) in [6, 6.07) is 3.83. The molecule has 0 saturated carbocycles. The lowest BCUT2D eigenvalue weighted by atomic mass is 10.2. The van der Waals surface area contributed by atoms with Crippen LogP contribution >= 0.6 is 15.9 Å². The van der Waals surface area contributed by atoms with Crippen LogP contribution in [-0.2, 0) is 0 Å². The number of aromatic nitrogens is 1. The molecule has 14 heavy (non-hydrogen) atoms. The molecule has 2 N–H and O–H groups in total. The molecule has 1 atom stereocenters. The highest BCUT2D eigenvalue weighted by molar-refractivity contribution is 9.10. The van der Waals surface area contributed by atoms with Gasteiger partial charge in [-0.2, -0.15) is 0 Å². The van der Waals surface area contributed by atoms with Crippen LogP contribution in [0, 0.1) is 0 Å². The van der Waals surface area contributed by atoms with Gasteiger partial charge in [-0.1, -0.05) is 0 Å². The van der Waals surface area contributed by atoms with Crippen LogP contribution in [-0.4, -0.2) is 22.7 Å². The number of halogens is 1. The summed E-state index contributed by atoms with van der Waals surface area (Å²) in [5, 5.41) is 12.3. The number of nitrogens with zero attached hydrogens (tertiary/aromatic N) is 1. The molecule has 78 valence electrons. The van der Waals surface area contributed by atoms with Gasteiger partial charge in [-0.15, -0.1) is 0 Å². The number of anilines is 1. The van der Waals surface area contributed by atoms with E-state index in [1.54, 1.807) is 13.1 Å². The normalized spacial score (nSPS) is 12.5. The van der Waals surface area contributed by atoms with E-state index in [0.717, 1.165) is 29.7 Å². The first kappa shape index (κ1) is 11.5. The standard InChI is InChI=1S/C10H15BrN2O/c1-8(14)4-2-6-12-10-9(11)5-3-7-13-10/h3,5,7-8,14H,2,4,6H2,1H3,(H,12,13). The van der Waals surface area contributed by atoms with E-state index < -0.39 is 0 Å². The zero-order chi connectivity index (χ0) is 10.4. The van der Waals surface area contributed by atoms with E-state index in [-0.39, 0.29) is 6.10 Å². The van der Waals surface area contributed by atoms with E-state index in [1.807, 2.05) is 12.1 Å². The average Bonchev–Trinajstić information content (AvgIpc) is 2.15. The molecule has 1 aromatic heterocycles. The third-order valence-corrected chi connectivity index (χ3v) is 2.49. The maximum atomic E-state index is 9.05. The van der Waals surface area contributed by atoms with Crippen molar-refractivity contribution in [1.82, 2.24) is 4.98 Å². The van der Waals surface area contributed by atoms with Crippen molar-refractivity contribution in [3.05, 3.63) is 22.8 Å². The molecular weight excluding hydrogens is 244 g/mol. The predicted molar refractivity (Wildman–Crippen MR) is 61.3 cm³/mol. The number of hydrogen-bond donors (Lipinski definition) is 2. The number of aliphatic hydroxyl groups excluding tert-OH is 1. The van der Waals surface area contributed by atoms with Gasteiger partial charge in [0.25, 0.3) is 0 Å². The Morgan fingerprint density at radius 2 is 2.43 bits per heavy atom. The van der Waals surface area contributed by atoms with Gasteiger partial charge in [0.2, 0.25) is 0 Å². The molecule has 0 spiro atoms. The van der Waals surface area contributed by atoms with Gasteiger partial charge in [0.05, 0.1) is 10.6 Å². The number of aliphatic hydroxyl groups is 1. The van der Waals surface area contributed by atoms with E-state index in [2.05, 4.69) is 26.2 Å². The van der Waals surface area contributed by atoms with Gasteiger partial charge in [0.1, 0.15) is 5.82 Å². The third-order valence-electron chi connectivity index (χ3n) is 1.85. The largest absolute Gasteiger partial charge is 0.393 e. The molecule has 0 aromatic carbocycles. The van der Waals surface area contributed by atoms with Crippen LogP contribution in [0.15, 0.2) is 22.8 Å². The van der Waals surface area contributed by atoms with Crippen molar-refractivity contribution < 1.29 is 5.11 Å². The highest BCUT2D eigenvalue weighted by Crippen LogP contribution is 2.18. The van der Waals surface area contributed by atoms with Crippen molar-refractivity contribution in [2.75, 3.05) is 11.9 Å². The maximum absolute atomic E-state index is 9.05. The molecule has 0 fully saturated rings. The summed E-state index contributed by atoms with van der Waals surface area (Å²) < 4.78 is 0.969. The maximum Gasteiger partial charge on any atom is 0.140 e. The first-order valence-corrected chi connectivity index (χ1v) is 5.52. The Kier molecular flexibility index (Phi) is 4.90. The summed E-state index contributed by atoms with van der Waals surface area (Å²) in [7, 11) is 0. The zero-order valence-corrected chi connectivity index (χ0v) is 9.79. The van der Waals surface area contributed by atoms with E-state index in [1.165, 1.54) is 0 Å². The highest BCUT2D eigenvalue weighted by atomic mass is 79.9. The van der Waals surface area contributed by atoms with E-state index in [9.17, 15) is 0 Å². The molecule has 0 radical (unpaired) electrons. The molecular formula is C10H15BrN2O. The van der Waals surface area contributed by atoms with Gasteiger partial charge in [-0.25, -0.2) is 4.98 Å². The van der Waals surface area contributed by atoms with Crippen LogP contribution in [0.25, 0.3) is 0 Å². The number of nitrogens with one attached hydrogen (secondary N) is 1. The summed E-state index contributed by atoms with van der Waals surface area (Å²) >= 11 is 3.40. The van der Waals surface area contributed by atoms with E-state index >= 15 is 0 Å². The fourth-order valence-electron chi connectivity index (χ4n) is 1.12. The zero-order valence-electron chi connectivity index (χ0n) is 8.20. The first-order chi connectivity index (χ1) is 6.70. The van der Waals surface area contributed by atoms with Crippen LogP contribution in [0.3, 0.4) is 0 Å². The summed E-state index contributed by atoms with van der Waals surface area (Å²) in [5.74, 6) is 0.859. The molecule has 0 aliphatic heterocycles. The monoisotopic (exact) mass is 258 g/mol. The molecule has 1 unspecified atom stereocenters. The second-order valence-corrected chi connectivity index (χ2v) is 4.11. The molecule has 0 aliphatic carbocycles. The van der Waals surface area contributed by atoms with Crippen molar-refractivity contribution >= 4 is 21.7 Å². The van der Waals surface area contributed by atoms with Crippen LogP contribution in [0.1, 0.15) is 19.8 Å². The Bertz CT molecular complexity index is 279. The molecule has 3 nitrogen and oxygen atoms in total. The lowest BCUT2D eigenvalue weighted by Crippen LogP contribution is -2.07. The van der Waals surface area contributed by atoms with Gasteiger partial charge in [0.15, 0.2) is 0 Å². The Hall–Kier alpha value is -0.610. The van der Waals surface area contributed by atoms with Gasteiger partial charge < -0.3 is 10.4 Å². The second kappa shape index (κ2) is 5.98. The van der Waals surface area contributed by atoms with Crippen molar-refractivity contribution in [3.63, 3.8) is 0 Å². The van der Waals surface area contributed by atoms with Crippen molar-refractivity contribution in [1.29, 1.82) is 0 Å². The molecule has 1 heterocycles. The summed E-state index contributed by atoms with van der Waals surface area (Å²) in [4.78, 5) is 4.17. The van der Waals surface area contributed by atoms with Gasteiger partial charge in [-0.3, -0.25) is 0 Å². The molecule has 0 amide bonds. The Morgan fingerprint density at radius 3 is 3.07 bits per heavy atom. The second-order valence-electron chi connectivity index (χ2n) is 3.25. The lowest BCUT2D eigenvalue weighted by Gasteiger charge is -2.07. The van der Waals surface area contributed by atoms with Crippen molar-refractivity contribution in [2.24, 2.45) is 0 Å². The topological polar surface area (TPSA) is 45.1 Å². The minimum atomic E-state index is -0.219. The number of pyridine rings is 1. The summed E-state index contributed by atoms with van der Waals surface area (Å²) in [6.45, 7) is 2.64. The summed E-state index contributed by atoms with van der Waals surface area (Å²) in [5.41, 5.74) is 0. The van der Waals surface area contributed by atoms with E-state index in [0.29, 0.717) is 0 Å². The van der Waals surface area contributed by atoms with Gasteiger partial charge >= 0.3 is 0 Å². The Balaban J connectivity index is 2.28. The molecule has 0 bridgehead atoms. The molecule has 0 saturated heterocycles. The lowest BCUT2D eigenvalue weighted by molar-refractivity contribution is 0.183. The Labute approximate surface area is 92.7 Å². The fourth-order valence-corrected chi connectivity index (χ4v) is 1.52. The van der Waals surface area contributed by atoms with Crippen LogP contribution in [0.4, 0.5) is 5.82 Å². The molecule has 4 heteroatoms. The SMILES string of the molecule is CC(O)CCCNc1ncccc1Br. The first-order valence-electron chi connectivity index (χ1n) is 4.72. The van der Waals surface area contributed by atoms with Crippen LogP contribution < -0.4 is 5.32 Å².